The number of nitrogens with one attached hydrogen (secondary N) is 1. The van der Waals surface area contributed by atoms with E-state index in [1.54, 1.807) is 6.92 Å². The van der Waals surface area contributed by atoms with E-state index in [-0.39, 0.29) is 18.4 Å². The van der Waals surface area contributed by atoms with Crippen molar-refractivity contribution >= 4 is 0 Å². The molecule has 102 valence electrons. The predicted molar refractivity (Wildman–Crippen MR) is 61.3 cm³/mol. The normalized spacial score (nSPS) is 12.9. The lowest BCUT2D eigenvalue weighted by Crippen LogP contribution is -2.24. The largest absolute Gasteiger partial charge is 0.508 e. The molecule has 1 rings (SSSR count). The lowest BCUT2D eigenvalue weighted by Gasteiger charge is -2.15. The zero-order chi connectivity index (χ0) is 13.5. The van der Waals surface area contributed by atoms with Crippen LogP contribution < -0.4 is 5.32 Å². The third kappa shape index (κ3) is 4.93. The molecule has 1 unspecified atom stereocenters. The minimum atomic E-state index is -2.48. The molecule has 0 aliphatic rings. The highest BCUT2D eigenvalue weighted by molar-refractivity contribution is 5.29. The lowest BCUT2D eigenvalue weighted by atomic mass is 10.1. The molecule has 0 aliphatic carbocycles. The standard InChI is InChI=1S/C12H16F3NO2/c1-8(16-4-5-18-7-12(14)15)10-3-2-9(17)6-11(10)13/h2-3,6,8,12,16-17H,4-5,7H2,1H3. The summed E-state index contributed by atoms with van der Waals surface area (Å²) in [6.07, 6.45) is -2.48. The van der Waals surface area contributed by atoms with Gasteiger partial charge in [0.25, 0.3) is 6.43 Å². The third-order valence-electron chi connectivity index (χ3n) is 2.39. The molecule has 0 amide bonds. The van der Waals surface area contributed by atoms with Gasteiger partial charge >= 0.3 is 0 Å². The van der Waals surface area contributed by atoms with Crippen molar-refractivity contribution in [3.63, 3.8) is 0 Å². The third-order valence-corrected chi connectivity index (χ3v) is 2.39. The number of benzene rings is 1. The Bertz CT molecular complexity index is 374. The highest BCUT2D eigenvalue weighted by atomic mass is 19.3. The van der Waals surface area contributed by atoms with Crippen molar-refractivity contribution in [3.8, 4) is 5.75 Å². The average molecular weight is 263 g/mol. The van der Waals surface area contributed by atoms with Gasteiger partial charge in [0, 0.05) is 24.2 Å². The molecule has 0 saturated carbocycles. The van der Waals surface area contributed by atoms with E-state index in [2.05, 4.69) is 10.1 Å². The maximum absolute atomic E-state index is 13.5. The number of alkyl halides is 2. The van der Waals surface area contributed by atoms with Gasteiger partial charge in [-0.25, -0.2) is 13.2 Å². The van der Waals surface area contributed by atoms with Crippen LogP contribution in [0.25, 0.3) is 0 Å². The van der Waals surface area contributed by atoms with E-state index in [1.807, 2.05) is 0 Å². The summed E-state index contributed by atoms with van der Waals surface area (Å²) in [7, 11) is 0. The first kappa shape index (κ1) is 14.8. The Morgan fingerprint density at radius 3 is 2.72 bits per heavy atom. The minimum absolute atomic E-state index is 0.133. The first-order valence-electron chi connectivity index (χ1n) is 5.58. The molecule has 0 saturated heterocycles. The van der Waals surface area contributed by atoms with Gasteiger partial charge in [0.2, 0.25) is 0 Å². The van der Waals surface area contributed by atoms with Crippen molar-refractivity contribution in [1.29, 1.82) is 0 Å². The molecule has 0 heterocycles. The molecule has 6 heteroatoms. The van der Waals surface area contributed by atoms with Gasteiger partial charge in [-0.1, -0.05) is 6.07 Å². The fourth-order valence-electron chi connectivity index (χ4n) is 1.50. The number of phenols is 1. The highest BCUT2D eigenvalue weighted by Gasteiger charge is 2.10. The minimum Gasteiger partial charge on any atom is -0.508 e. The van der Waals surface area contributed by atoms with Crippen molar-refractivity contribution in [2.24, 2.45) is 0 Å². The molecule has 1 aromatic carbocycles. The number of phenolic OH excluding ortho intramolecular Hbond substituents is 1. The monoisotopic (exact) mass is 263 g/mol. The predicted octanol–water partition coefficient (Wildman–Crippen LogP) is 2.46. The summed E-state index contributed by atoms with van der Waals surface area (Å²) in [6.45, 7) is 1.62. The summed E-state index contributed by atoms with van der Waals surface area (Å²) < 4.78 is 41.7. The molecular weight excluding hydrogens is 247 g/mol. The molecule has 1 atom stereocenters. The first-order chi connectivity index (χ1) is 8.50. The van der Waals surface area contributed by atoms with Gasteiger partial charge in [-0.3, -0.25) is 0 Å². The number of ether oxygens (including phenoxy) is 1. The summed E-state index contributed by atoms with van der Waals surface area (Å²) >= 11 is 0. The van der Waals surface area contributed by atoms with Crippen molar-refractivity contribution in [3.05, 3.63) is 29.6 Å². The van der Waals surface area contributed by atoms with E-state index in [1.165, 1.54) is 12.1 Å². The number of halogens is 3. The quantitative estimate of drug-likeness (QED) is 0.742. The fraction of sp³-hybridized carbons (Fsp3) is 0.500. The van der Waals surface area contributed by atoms with E-state index in [9.17, 15) is 13.2 Å². The Balaban J connectivity index is 2.34. The Morgan fingerprint density at radius 2 is 2.11 bits per heavy atom. The zero-order valence-corrected chi connectivity index (χ0v) is 10.00. The maximum Gasteiger partial charge on any atom is 0.261 e. The maximum atomic E-state index is 13.5. The molecule has 0 spiro atoms. The SMILES string of the molecule is CC(NCCOCC(F)F)c1ccc(O)cc1F. The van der Waals surface area contributed by atoms with Crippen LogP contribution in [0, 0.1) is 5.82 Å². The zero-order valence-electron chi connectivity index (χ0n) is 10.00. The van der Waals surface area contributed by atoms with Gasteiger partial charge in [0.15, 0.2) is 0 Å². The van der Waals surface area contributed by atoms with E-state index in [0.717, 1.165) is 6.07 Å². The Morgan fingerprint density at radius 1 is 1.39 bits per heavy atom. The van der Waals surface area contributed by atoms with E-state index < -0.39 is 18.8 Å². The molecule has 0 aromatic heterocycles. The van der Waals surface area contributed by atoms with Crippen LogP contribution in [0.4, 0.5) is 13.2 Å². The van der Waals surface area contributed by atoms with Gasteiger partial charge in [-0.2, -0.15) is 0 Å². The van der Waals surface area contributed by atoms with Gasteiger partial charge in [-0.05, 0) is 13.0 Å². The molecular formula is C12H16F3NO2. The molecule has 18 heavy (non-hydrogen) atoms. The van der Waals surface area contributed by atoms with Crippen LogP contribution in [-0.4, -0.2) is 31.3 Å². The number of aromatic hydroxyl groups is 1. The first-order valence-corrected chi connectivity index (χ1v) is 5.58. The van der Waals surface area contributed by atoms with Crippen molar-refractivity contribution in [2.75, 3.05) is 19.8 Å². The molecule has 0 radical (unpaired) electrons. The van der Waals surface area contributed by atoms with E-state index >= 15 is 0 Å². The second kappa shape index (κ2) is 7.23. The number of rotatable bonds is 7. The van der Waals surface area contributed by atoms with Gasteiger partial charge in [0.05, 0.1) is 6.61 Å². The van der Waals surface area contributed by atoms with Crippen molar-refractivity contribution < 1.29 is 23.0 Å². The van der Waals surface area contributed by atoms with Gasteiger partial charge in [-0.15, -0.1) is 0 Å². The molecule has 3 nitrogen and oxygen atoms in total. The van der Waals surface area contributed by atoms with Crippen molar-refractivity contribution in [2.45, 2.75) is 19.4 Å². The summed E-state index contributed by atoms with van der Waals surface area (Å²) in [5.41, 5.74) is 0.404. The second-order valence-electron chi connectivity index (χ2n) is 3.85. The second-order valence-corrected chi connectivity index (χ2v) is 3.85. The molecule has 0 aliphatic heterocycles. The molecule has 1 aromatic rings. The molecule has 2 N–H and O–H groups in total. The Labute approximate surface area is 104 Å². The van der Waals surface area contributed by atoms with Crippen LogP contribution in [0.2, 0.25) is 0 Å². The summed E-state index contributed by atoms with van der Waals surface area (Å²) in [6, 6.07) is 3.60. The summed E-state index contributed by atoms with van der Waals surface area (Å²) in [5.74, 6) is -0.646. The van der Waals surface area contributed by atoms with Gasteiger partial charge in [0.1, 0.15) is 18.2 Å². The molecule has 0 bridgehead atoms. The van der Waals surface area contributed by atoms with Crippen LogP contribution in [0.5, 0.6) is 5.75 Å². The summed E-state index contributed by atoms with van der Waals surface area (Å²) in [5, 5.41) is 12.0. The van der Waals surface area contributed by atoms with Crippen LogP contribution in [0.15, 0.2) is 18.2 Å². The average Bonchev–Trinajstić information content (AvgIpc) is 2.27. The Kier molecular flexibility index (Phi) is 5.94. The smallest absolute Gasteiger partial charge is 0.261 e. The van der Waals surface area contributed by atoms with Crippen LogP contribution in [-0.2, 0) is 4.74 Å². The fourth-order valence-corrected chi connectivity index (χ4v) is 1.50. The Hall–Kier alpha value is -1.27. The van der Waals surface area contributed by atoms with Crippen LogP contribution in [0.1, 0.15) is 18.5 Å². The topological polar surface area (TPSA) is 41.5 Å². The van der Waals surface area contributed by atoms with Crippen LogP contribution in [0.3, 0.4) is 0 Å². The van der Waals surface area contributed by atoms with Crippen LogP contribution >= 0.6 is 0 Å². The number of hydrogen-bond donors (Lipinski definition) is 2. The van der Waals surface area contributed by atoms with Gasteiger partial charge < -0.3 is 15.2 Å². The highest BCUT2D eigenvalue weighted by Crippen LogP contribution is 2.20. The van der Waals surface area contributed by atoms with E-state index in [0.29, 0.717) is 12.1 Å². The number of hydrogen-bond acceptors (Lipinski definition) is 3. The van der Waals surface area contributed by atoms with E-state index in [4.69, 9.17) is 5.11 Å². The summed E-state index contributed by atoms with van der Waals surface area (Å²) in [4.78, 5) is 0. The lowest BCUT2D eigenvalue weighted by molar-refractivity contribution is 0.0183. The van der Waals surface area contributed by atoms with Crippen molar-refractivity contribution in [1.82, 2.24) is 5.32 Å². The molecule has 0 fully saturated rings.